The Morgan fingerprint density at radius 2 is 2.33 bits per heavy atom. The molecule has 4 nitrogen and oxygen atoms in total. The van der Waals surface area contributed by atoms with Crippen molar-refractivity contribution < 1.29 is 13.9 Å². The Hall–Kier alpha value is -1.65. The zero-order valence-electron chi connectivity index (χ0n) is 8.14. The van der Waals surface area contributed by atoms with Crippen LogP contribution in [0.15, 0.2) is 23.1 Å². The predicted molar refractivity (Wildman–Crippen MR) is 50.6 cm³/mol. The number of alkyl halides is 1. The van der Waals surface area contributed by atoms with Crippen LogP contribution in [0.3, 0.4) is 0 Å². The lowest BCUT2D eigenvalue weighted by atomic mass is 10.3. The first-order valence-electron chi connectivity index (χ1n) is 4.58. The summed E-state index contributed by atoms with van der Waals surface area (Å²) < 4.78 is 18.5. The lowest BCUT2D eigenvalue weighted by Crippen LogP contribution is -2.26. The fourth-order valence-electron chi connectivity index (χ4n) is 1.48. The highest BCUT2D eigenvalue weighted by molar-refractivity contribution is 5.88. The quantitative estimate of drug-likeness (QED) is 0.683. The second-order valence-corrected chi connectivity index (χ2v) is 3.44. The van der Waals surface area contributed by atoms with Crippen molar-refractivity contribution in [2.45, 2.75) is 18.6 Å². The largest absolute Gasteiger partial charge is 0.465 e. The number of rotatable bonds is 2. The molecule has 2 atom stereocenters. The molecule has 0 saturated heterocycles. The molecule has 5 heteroatoms. The number of ether oxygens (including phenoxy) is 1. The normalized spacial score (nSPS) is 23.6. The first-order valence-corrected chi connectivity index (χ1v) is 4.58. The van der Waals surface area contributed by atoms with Gasteiger partial charge in [-0.05, 0) is 12.1 Å². The van der Waals surface area contributed by atoms with E-state index in [-0.39, 0.29) is 5.56 Å². The van der Waals surface area contributed by atoms with Gasteiger partial charge < -0.3 is 9.30 Å². The van der Waals surface area contributed by atoms with Crippen molar-refractivity contribution >= 4 is 5.97 Å². The Morgan fingerprint density at radius 1 is 1.67 bits per heavy atom. The number of methoxy groups -OCH3 is 1. The van der Waals surface area contributed by atoms with Crippen molar-refractivity contribution in [3.63, 3.8) is 0 Å². The van der Waals surface area contributed by atoms with Crippen LogP contribution in [-0.2, 0) is 4.74 Å². The van der Waals surface area contributed by atoms with Gasteiger partial charge in [0.15, 0.2) is 0 Å². The molecule has 1 heterocycles. The molecule has 1 aliphatic rings. The SMILES string of the molecule is COC(=O)c1cccn([C@@H]2CC2F)c1=O. The molecular weight excluding hydrogens is 201 g/mol. The van der Waals surface area contributed by atoms with Gasteiger partial charge in [-0.25, -0.2) is 9.18 Å². The first kappa shape index (κ1) is 9.89. The Balaban J connectivity index is 2.42. The van der Waals surface area contributed by atoms with Crippen LogP contribution in [0, 0.1) is 0 Å². The number of hydrogen-bond acceptors (Lipinski definition) is 3. The van der Waals surface area contributed by atoms with Crippen molar-refractivity contribution in [2.75, 3.05) is 7.11 Å². The van der Waals surface area contributed by atoms with Gasteiger partial charge in [-0.3, -0.25) is 4.79 Å². The maximum Gasteiger partial charge on any atom is 0.343 e. The summed E-state index contributed by atoms with van der Waals surface area (Å²) in [6.07, 6.45) is 0.847. The monoisotopic (exact) mass is 211 g/mol. The van der Waals surface area contributed by atoms with Crippen LogP contribution >= 0.6 is 0 Å². The lowest BCUT2D eigenvalue weighted by molar-refractivity contribution is 0.0598. The molecule has 1 aliphatic carbocycles. The van der Waals surface area contributed by atoms with E-state index < -0.39 is 23.7 Å². The first-order chi connectivity index (χ1) is 7.15. The zero-order valence-corrected chi connectivity index (χ0v) is 8.14. The van der Waals surface area contributed by atoms with Crippen LogP contribution in [-0.4, -0.2) is 23.8 Å². The maximum atomic E-state index is 12.8. The molecule has 0 spiro atoms. The van der Waals surface area contributed by atoms with Gasteiger partial charge in [0.2, 0.25) is 0 Å². The number of hydrogen-bond donors (Lipinski definition) is 0. The van der Waals surface area contributed by atoms with E-state index in [1.165, 1.54) is 23.9 Å². The van der Waals surface area contributed by atoms with E-state index in [1.807, 2.05) is 0 Å². The number of carbonyl (C=O) groups excluding carboxylic acids is 1. The lowest BCUT2D eigenvalue weighted by Gasteiger charge is -2.04. The minimum absolute atomic E-state index is 0.0564. The third-order valence-electron chi connectivity index (χ3n) is 2.42. The number of aromatic nitrogens is 1. The fraction of sp³-hybridized carbons (Fsp3) is 0.400. The number of carbonyl (C=O) groups is 1. The molecule has 0 aliphatic heterocycles. The smallest absolute Gasteiger partial charge is 0.343 e. The van der Waals surface area contributed by atoms with Gasteiger partial charge >= 0.3 is 5.97 Å². The fourth-order valence-corrected chi connectivity index (χ4v) is 1.48. The Morgan fingerprint density at radius 3 is 2.87 bits per heavy atom. The maximum absolute atomic E-state index is 12.8. The summed E-state index contributed by atoms with van der Waals surface area (Å²) in [6.45, 7) is 0. The van der Waals surface area contributed by atoms with Gasteiger partial charge in [-0.15, -0.1) is 0 Å². The summed E-state index contributed by atoms with van der Waals surface area (Å²) in [7, 11) is 1.20. The van der Waals surface area contributed by atoms with Gasteiger partial charge in [0.1, 0.15) is 11.7 Å². The predicted octanol–water partition coefficient (Wildman–Crippen LogP) is 0.918. The van der Waals surface area contributed by atoms with Crippen LogP contribution in [0.25, 0.3) is 0 Å². The second kappa shape index (κ2) is 3.49. The highest BCUT2D eigenvalue weighted by Crippen LogP contribution is 2.37. The summed E-state index contributed by atoms with van der Waals surface area (Å²) in [5, 5.41) is 0. The van der Waals surface area contributed by atoms with Crippen LogP contribution in [0.4, 0.5) is 4.39 Å². The van der Waals surface area contributed by atoms with E-state index in [4.69, 9.17) is 0 Å². The summed E-state index contributed by atoms with van der Waals surface area (Å²) in [5.74, 6) is -0.689. The summed E-state index contributed by atoms with van der Waals surface area (Å²) in [6, 6.07) is 2.50. The average Bonchev–Trinajstić information content (AvgIpc) is 2.94. The third-order valence-corrected chi connectivity index (χ3v) is 2.42. The van der Waals surface area contributed by atoms with Crippen LogP contribution in [0.2, 0.25) is 0 Å². The second-order valence-electron chi connectivity index (χ2n) is 3.44. The van der Waals surface area contributed by atoms with Crippen molar-refractivity contribution in [3.05, 3.63) is 34.2 Å². The number of nitrogens with zero attached hydrogens (tertiary/aromatic N) is 1. The minimum atomic E-state index is -0.976. The van der Waals surface area contributed by atoms with Crippen molar-refractivity contribution in [1.82, 2.24) is 4.57 Å². The molecule has 0 radical (unpaired) electrons. The molecule has 0 N–H and O–H groups in total. The van der Waals surface area contributed by atoms with Crippen molar-refractivity contribution in [1.29, 1.82) is 0 Å². The average molecular weight is 211 g/mol. The Kier molecular flexibility index (Phi) is 2.30. The molecule has 1 fully saturated rings. The van der Waals surface area contributed by atoms with Crippen LogP contribution in [0.1, 0.15) is 22.8 Å². The van der Waals surface area contributed by atoms with Gasteiger partial charge in [-0.1, -0.05) is 0 Å². The van der Waals surface area contributed by atoms with Gasteiger partial charge in [0.05, 0.1) is 13.2 Å². The molecule has 0 aromatic carbocycles. The summed E-state index contributed by atoms with van der Waals surface area (Å²) >= 11 is 0. The van der Waals surface area contributed by atoms with E-state index >= 15 is 0 Å². The molecule has 1 aromatic heterocycles. The van der Waals surface area contributed by atoms with Gasteiger partial charge in [0.25, 0.3) is 5.56 Å². The molecule has 1 aromatic rings. The molecule has 1 unspecified atom stereocenters. The molecule has 0 bridgehead atoms. The number of pyridine rings is 1. The van der Waals surface area contributed by atoms with Crippen LogP contribution in [0.5, 0.6) is 0 Å². The third kappa shape index (κ3) is 1.65. The Bertz CT molecular complexity index is 454. The Labute approximate surface area is 85.3 Å². The van der Waals surface area contributed by atoms with E-state index in [1.54, 1.807) is 6.07 Å². The highest BCUT2D eigenvalue weighted by Gasteiger charge is 2.40. The number of halogens is 1. The molecule has 15 heavy (non-hydrogen) atoms. The number of esters is 1. The van der Waals surface area contributed by atoms with Crippen molar-refractivity contribution in [2.24, 2.45) is 0 Å². The van der Waals surface area contributed by atoms with E-state index in [9.17, 15) is 14.0 Å². The standard InChI is InChI=1S/C10H10FNO3/c1-15-10(14)6-3-2-4-12(9(6)13)8-5-7(8)11/h2-4,7-8H,5H2,1H3/t7?,8-/m1/s1. The minimum Gasteiger partial charge on any atom is -0.465 e. The molecule has 80 valence electrons. The zero-order chi connectivity index (χ0) is 11.0. The topological polar surface area (TPSA) is 48.3 Å². The van der Waals surface area contributed by atoms with Gasteiger partial charge in [-0.2, -0.15) is 0 Å². The van der Waals surface area contributed by atoms with E-state index in [2.05, 4.69) is 4.74 Å². The molecule has 1 saturated carbocycles. The molecule has 2 rings (SSSR count). The van der Waals surface area contributed by atoms with Crippen LogP contribution < -0.4 is 5.56 Å². The summed E-state index contributed by atoms with van der Waals surface area (Å²) in [4.78, 5) is 22.9. The van der Waals surface area contributed by atoms with Gasteiger partial charge in [0, 0.05) is 12.6 Å². The van der Waals surface area contributed by atoms with E-state index in [0.29, 0.717) is 6.42 Å². The molecular formula is C10H10FNO3. The van der Waals surface area contributed by atoms with Crippen molar-refractivity contribution in [3.8, 4) is 0 Å². The van der Waals surface area contributed by atoms with E-state index in [0.717, 1.165) is 0 Å². The highest BCUT2D eigenvalue weighted by atomic mass is 19.1. The summed E-state index contributed by atoms with van der Waals surface area (Å²) in [5.41, 5.74) is -0.548. The molecule has 0 amide bonds.